The van der Waals surface area contributed by atoms with Crippen LogP contribution in [0.25, 0.3) is 0 Å². The normalized spacial score (nSPS) is 9.50. The summed E-state index contributed by atoms with van der Waals surface area (Å²) in [5.74, 6) is 0. The summed E-state index contributed by atoms with van der Waals surface area (Å²) in [6, 6.07) is 9.26. The SMILES string of the molecule is CCCCOC(=O)Nc1ccccc1. The second-order valence-electron chi connectivity index (χ2n) is 2.98. The first-order chi connectivity index (χ1) is 6.83. The van der Waals surface area contributed by atoms with Crippen molar-refractivity contribution in [2.45, 2.75) is 19.8 Å². The van der Waals surface area contributed by atoms with Crippen LogP contribution < -0.4 is 5.32 Å². The Morgan fingerprint density at radius 3 is 2.71 bits per heavy atom. The highest BCUT2D eigenvalue weighted by atomic mass is 16.5. The average Bonchev–Trinajstić information content (AvgIpc) is 2.20. The Balaban J connectivity index is 2.27. The molecule has 0 saturated heterocycles. The highest BCUT2D eigenvalue weighted by Gasteiger charge is 2.00. The van der Waals surface area contributed by atoms with Crippen LogP contribution in [0.15, 0.2) is 30.3 Å². The summed E-state index contributed by atoms with van der Waals surface area (Å²) >= 11 is 0. The zero-order valence-corrected chi connectivity index (χ0v) is 8.32. The number of unbranched alkanes of at least 4 members (excludes halogenated alkanes) is 1. The van der Waals surface area contributed by atoms with Crippen molar-refractivity contribution in [1.82, 2.24) is 0 Å². The number of benzene rings is 1. The third-order valence-electron chi connectivity index (χ3n) is 1.75. The van der Waals surface area contributed by atoms with E-state index in [0.717, 1.165) is 18.5 Å². The molecule has 0 atom stereocenters. The van der Waals surface area contributed by atoms with Crippen molar-refractivity contribution in [3.05, 3.63) is 30.3 Å². The van der Waals surface area contributed by atoms with Crippen LogP contribution in [0.2, 0.25) is 0 Å². The van der Waals surface area contributed by atoms with E-state index in [2.05, 4.69) is 12.2 Å². The molecule has 0 fully saturated rings. The van der Waals surface area contributed by atoms with Gasteiger partial charge < -0.3 is 4.74 Å². The lowest BCUT2D eigenvalue weighted by molar-refractivity contribution is 0.160. The van der Waals surface area contributed by atoms with Gasteiger partial charge in [0.25, 0.3) is 0 Å². The second-order valence-corrected chi connectivity index (χ2v) is 2.98. The Morgan fingerprint density at radius 2 is 2.07 bits per heavy atom. The zero-order valence-electron chi connectivity index (χ0n) is 8.32. The van der Waals surface area contributed by atoms with Gasteiger partial charge in [-0.05, 0) is 18.6 Å². The molecule has 1 aromatic rings. The molecule has 76 valence electrons. The maximum Gasteiger partial charge on any atom is 0.411 e. The van der Waals surface area contributed by atoms with Crippen LogP contribution in [0, 0.1) is 0 Å². The molecule has 3 heteroatoms. The van der Waals surface area contributed by atoms with Gasteiger partial charge in [-0.15, -0.1) is 0 Å². The molecule has 1 N–H and O–H groups in total. The van der Waals surface area contributed by atoms with Gasteiger partial charge in [-0.3, -0.25) is 5.32 Å². The fourth-order valence-corrected chi connectivity index (χ4v) is 0.985. The summed E-state index contributed by atoms with van der Waals surface area (Å²) < 4.78 is 4.94. The number of carbonyl (C=O) groups excluding carboxylic acids is 1. The summed E-state index contributed by atoms with van der Waals surface area (Å²) in [4.78, 5) is 11.2. The molecular formula is C11H15NO2. The molecule has 0 aromatic heterocycles. The Kier molecular flexibility index (Phi) is 4.55. The molecule has 0 bridgehead atoms. The monoisotopic (exact) mass is 193 g/mol. The van der Waals surface area contributed by atoms with Gasteiger partial charge >= 0.3 is 6.09 Å². The van der Waals surface area contributed by atoms with E-state index in [0.29, 0.717) is 6.61 Å². The van der Waals surface area contributed by atoms with Gasteiger partial charge in [-0.1, -0.05) is 31.5 Å². The summed E-state index contributed by atoms with van der Waals surface area (Å²) in [6.45, 7) is 2.54. The minimum Gasteiger partial charge on any atom is -0.449 e. The molecule has 0 aliphatic carbocycles. The molecule has 0 spiro atoms. The molecule has 0 radical (unpaired) electrons. The van der Waals surface area contributed by atoms with Crippen LogP contribution >= 0.6 is 0 Å². The summed E-state index contributed by atoms with van der Waals surface area (Å²) in [5, 5.41) is 2.64. The number of anilines is 1. The number of rotatable bonds is 4. The molecule has 0 unspecified atom stereocenters. The third kappa shape index (κ3) is 3.94. The lowest BCUT2D eigenvalue weighted by atomic mass is 10.3. The lowest BCUT2D eigenvalue weighted by Crippen LogP contribution is -2.14. The average molecular weight is 193 g/mol. The van der Waals surface area contributed by atoms with Crippen LogP contribution in [-0.2, 0) is 4.74 Å². The predicted octanol–water partition coefficient (Wildman–Crippen LogP) is 3.04. The van der Waals surface area contributed by atoms with Gasteiger partial charge in [0.1, 0.15) is 0 Å². The van der Waals surface area contributed by atoms with Crippen LogP contribution in [0.1, 0.15) is 19.8 Å². The van der Waals surface area contributed by atoms with Gasteiger partial charge in [0.15, 0.2) is 0 Å². The molecule has 1 aromatic carbocycles. The topological polar surface area (TPSA) is 38.3 Å². The first-order valence-corrected chi connectivity index (χ1v) is 4.81. The zero-order chi connectivity index (χ0) is 10.2. The molecule has 14 heavy (non-hydrogen) atoms. The Bertz CT molecular complexity index is 272. The third-order valence-corrected chi connectivity index (χ3v) is 1.75. The van der Waals surface area contributed by atoms with E-state index in [4.69, 9.17) is 4.74 Å². The van der Waals surface area contributed by atoms with E-state index in [9.17, 15) is 4.79 Å². The van der Waals surface area contributed by atoms with Gasteiger partial charge in [-0.2, -0.15) is 0 Å². The predicted molar refractivity (Wildman–Crippen MR) is 56.3 cm³/mol. The number of hydrogen-bond acceptors (Lipinski definition) is 2. The largest absolute Gasteiger partial charge is 0.449 e. The van der Waals surface area contributed by atoms with Crippen LogP contribution in [0.4, 0.5) is 10.5 Å². The quantitative estimate of drug-likeness (QED) is 0.746. The highest BCUT2D eigenvalue weighted by Crippen LogP contribution is 2.05. The number of ether oxygens (including phenoxy) is 1. The van der Waals surface area contributed by atoms with Crippen molar-refractivity contribution in [2.24, 2.45) is 0 Å². The van der Waals surface area contributed by atoms with E-state index in [1.54, 1.807) is 0 Å². The van der Waals surface area contributed by atoms with Crippen LogP contribution in [-0.4, -0.2) is 12.7 Å². The Morgan fingerprint density at radius 1 is 1.36 bits per heavy atom. The Labute approximate surface area is 84.1 Å². The molecule has 0 aliphatic rings. The van der Waals surface area contributed by atoms with Crippen LogP contribution in [0.5, 0.6) is 0 Å². The van der Waals surface area contributed by atoms with Crippen molar-refractivity contribution < 1.29 is 9.53 Å². The fourth-order valence-electron chi connectivity index (χ4n) is 0.985. The number of para-hydroxylation sites is 1. The molecule has 0 saturated carbocycles. The number of amides is 1. The smallest absolute Gasteiger partial charge is 0.411 e. The van der Waals surface area contributed by atoms with E-state index in [-0.39, 0.29) is 6.09 Å². The number of hydrogen-bond donors (Lipinski definition) is 1. The summed E-state index contributed by atoms with van der Waals surface area (Å²) in [6.07, 6.45) is 1.55. The standard InChI is InChI=1S/C11H15NO2/c1-2-3-9-14-11(13)12-10-7-5-4-6-8-10/h4-8H,2-3,9H2,1H3,(H,12,13). The first kappa shape index (κ1) is 10.6. The number of carbonyl (C=O) groups is 1. The summed E-state index contributed by atoms with van der Waals surface area (Å²) in [5.41, 5.74) is 0.758. The molecule has 1 rings (SSSR count). The van der Waals surface area contributed by atoms with Crippen molar-refractivity contribution in [3.8, 4) is 0 Å². The van der Waals surface area contributed by atoms with Gasteiger partial charge in [0, 0.05) is 5.69 Å². The van der Waals surface area contributed by atoms with E-state index >= 15 is 0 Å². The van der Waals surface area contributed by atoms with E-state index in [1.165, 1.54) is 0 Å². The maximum atomic E-state index is 11.2. The molecule has 3 nitrogen and oxygen atoms in total. The van der Waals surface area contributed by atoms with Gasteiger partial charge in [-0.25, -0.2) is 4.79 Å². The molecule has 0 heterocycles. The minimum absolute atomic E-state index is 0.385. The maximum absolute atomic E-state index is 11.2. The van der Waals surface area contributed by atoms with E-state index < -0.39 is 0 Å². The lowest BCUT2D eigenvalue weighted by Gasteiger charge is -2.05. The molecular weight excluding hydrogens is 178 g/mol. The van der Waals surface area contributed by atoms with Crippen molar-refractivity contribution in [3.63, 3.8) is 0 Å². The summed E-state index contributed by atoms with van der Waals surface area (Å²) in [7, 11) is 0. The van der Waals surface area contributed by atoms with Gasteiger partial charge in [0.2, 0.25) is 0 Å². The second kappa shape index (κ2) is 6.02. The van der Waals surface area contributed by atoms with Gasteiger partial charge in [0.05, 0.1) is 6.61 Å². The van der Waals surface area contributed by atoms with Crippen molar-refractivity contribution in [2.75, 3.05) is 11.9 Å². The minimum atomic E-state index is -0.385. The first-order valence-electron chi connectivity index (χ1n) is 4.81. The van der Waals surface area contributed by atoms with E-state index in [1.807, 2.05) is 30.3 Å². The molecule has 0 aliphatic heterocycles. The fraction of sp³-hybridized carbons (Fsp3) is 0.364. The van der Waals surface area contributed by atoms with Crippen molar-refractivity contribution in [1.29, 1.82) is 0 Å². The van der Waals surface area contributed by atoms with Crippen molar-refractivity contribution >= 4 is 11.8 Å². The highest BCUT2D eigenvalue weighted by molar-refractivity contribution is 5.84. The Hall–Kier alpha value is -1.51. The van der Waals surface area contributed by atoms with Crippen LogP contribution in [0.3, 0.4) is 0 Å². The number of nitrogens with one attached hydrogen (secondary N) is 1. The molecule has 1 amide bonds.